The molecule has 0 atom stereocenters. The van der Waals surface area contributed by atoms with Gasteiger partial charge in [-0.1, -0.05) is 0 Å². The highest BCUT2D eigenvalue weighted by Crippen LogP contribution is 2.38. The summed E-state index contributed by atoms with van der Waals surface area (Å²) in [6.07, 6.45) is 3.54. The van der Waals surface area contributed by atoms with E-state index < -0.39 is 0 Å². The maximum Gasteiger partial charge on any atom is 0.143 e. The van der Waals surface area contributed by atoms with E-state index in [4.69, 9.17) is 10.5 Å². The van der Waals surface area contributed by atoms with Crippen LogP contribution in [0.25, 0.3) is 0 Å². The number of benzene rings is 1. The minimum atomic E-state index is -0.219. The first-order valence-electron chi connectivity index (χ1n) is 6.34. The zero-order chi connectivity index (χ0) is 13.5. The number of nitrogens with two attached hydrogens (primary N) is 1. The van der Waals surface area contributed by atoms with Gasteiger partial charge in [0.05, 0.1) is 30.8 Å². The SMILES string of the molecule is CC1(C)CN(Cc2cnc[nH]2)c2cc(N)ccc2O1. The van der Waals surface area contributed by atoms with Gasteiger partial charge in [0.2, 0.25) is 0 Å². The first-order valence-corrected chi connectivity index (χ1v) is 6.34. The normalized spacial score (nSPS) is 16.8. The van der Waals surface area contributed by atoms with Crippen molar-refractivity contribution >= 4 is 11.4 Å². The molecule has 3 rings (SSSR count). The quantitative estimate of drug-likeness (QED) is 0.810. The number of rotatable bonds is 2. The molecule has 0 unspecified atom stereocenters. The first kappa shape index (κ1) is 11.9. The average Bonchev–Trinajstić information content (AvgIpc) is 2.82. The molecular formula is C14H18N4O. The van der Waals surface area contributed by atoms with E-state index in [0.717, 1.165) is 35.9 Å². The van der Waals surface area contributed by atoms with Gasteiger partial charge in [0.25, 0.3) is 0 Å². The second-order valence-corrected chi connectivity index (χ2v) is 5.52. The number of H-pyrrole nitrogens is 1. The van der Waals surface area contributed by atoms with Crippen LogP contribution < -0.4 is 15.4 Å². The van der Waals surface area contributed by atoms with Gasteiger partial charge < -0.3 is 20.4 Å². The topological polar surface area (TPSA) is 67.2 Å². The highest BCUT2D eigenvalue weighted by Gasteiger charge is 2.31. The van der Waals surface area contributed by atoms with Gasteiger partial charge in [0.1, 0.15) is 11.4 Å². The maximum absolute atomic E-state index is 6.00. The number of fused-ring (bicyclic) bond motifs is 1. The number of aromatic amines is 1. The Balaban J connectivity index is 1.97. The van der Waals surface area contributed by atoms with Crippen LogP contribution in [0.3, 0.4) is 0 Å². The van der Waals surface area contributed by atoms with Gasteiger partial charge in [0.15, 0.2) is 0 Å². The fourth-order valence-corrected chi connectivity index (χ4v) is 2.46. The van der Waals surface area contributed by atoms with Crippen molar-refractivity contribution in [1.82, 2.24) is 9.97 Å². The van der Waals surface area contributed by atoms with Crippen molar-refractivity contribution in [2.24, 2.45) is 0 Å². The van der Waals surface area contributed by atoms with Crippen LogP contribution in [0.1, 0.15) is 19.5 Å². The van der Waals surface area contributed by atoms with Crippen LogP contribution in [0, 0.1) is 0 Å². The lowest BCUT2D eigenvalue weighted by Crippen LogP contribution is -2.46. The van der Waals surface area contributed by atoms with E-state index in [0.29, 0.717) is 0 Å². The summed E-state index contributed by atoms with van der Waals surface area (Å²) in [4.78, 5) is 9.46. The molecule has 0 saturated heterocycles. The van der Waals surface area contributed by atoms with Crippen molar-refractivity contribution in [1.29, 1.82) is 0 Å². The summed E-state index contributed by atoms with van der Waals surface area (Å²) >= 11 is 0. The Hall–Kier alpha value is -2.17. The fraction of sp³-hybridized carbons (Fsp3) is 0.357. The number of aromatic nitrogens is 2. The summed E-state index contributed by atoms with van der Waals surface area (Å²) in [5.41, 5.74) is 8.52. The molecule has 0 fully saturated rings. The van der Waals surface area contributed by atoms with Gasteiger partial charge in [-0.15, -0.1) is 0 Å². The van der Waals surface area contributed by atoms with Gasteiger partial charge in [-0.3, -0.25) is 0 Å². The summed E-state index contributed by atoms with van der Waals surface area (Å²) in [6.45, 7) is 5.75. The average molecular weight is 258 g/mol. The van der Waals surface area contributed by atoms with E-state index in [9.17, 15) is 0 Å². The summed E-state index contributed by atoms with van der Waals surface area (Å²) < 4.78 is 6.00. The van der Waals surface area contributed by atoms with Crippen LogP contribution in [0.5, 0.6) is 5.75 Å². The Kier molecular flexibility index (Phi) is 2.62. The van der Waals surface area contributed by atoms with Crippen molar-refractivity contribution in [3.05, 3.63) is 36.4 Å². The Bertz CT molecular complexity index is 577. The van der Waals surface area contributed by atoms with Crippen LogP contribution in [0.15, 0.2) is 30.7 Å². The minimum absolute atomic E-state index is 0.219. The molecule has 1 aromatic heterocycles. The van der Waals surface area contributed by atoms with Crippen LogP contribution in [0.4, 0.5) is 11.4 Å². The van der Waals surface area contributed by atoms with Crippen molar-refractivity contribution in [3.63, 3.8) is 0 Å². The molecule has 100 valence electrons. The second kappa shape index (κ2) is 4.19. The number of ether oxygens (including phenoxy) is 1. The molecular weight excluding hydrogens is 240 g/mol. The molecule has 0 spiro atoms. The van der Waals surface area contributed by atoms with E-state index in [1.807, 2.05) is 24.4 Å². The molecule has 0 saturated carbocycles. The molecule has 0 aliphatic carbocycles. The Labute approximate surface area is 112 Å². The van der Waals surface area contributed by atoms with E-state index in [1.54, 1.807) is 6.33 Å². The summed E-state index contributed by atoms with van der Waals surface area (Å²) in [6, 6.07) is 5.76. The summed E-state index contributed by atoms with van der Waals surface area (Å²) in [7, 11) is 0. The zero-order valence-electron chi connectivity index (χ0n) is 11.2. The van der Waals surface area contributed by atoms with Gasteiger partial charge in [-0.2, -0.15) is 0 Å². The van der Waals surface area contributed by atoms with Crippen molar-refractivity contribution in [2.75, 3.05) is 17.2 Å². The molecule has 5 heteroatoms. The summed E-state index contributed by atoms with van der Waals surface area (Å²) in [5.74, 6) is 0.880. The van der Waals surface area contributed by atoms with Crippen LogP contribution in [-0.2, 0) is 6.54 Å². The predicted molar refractivity (Wildman–Crippen MR) is 75.2 cm³/mol. The molecule has 1 aliphatic rings. The van der Waals surface area contributed by atoms with E-state index in [1.165, 1.54) is 0 Å². The van der Waals surface area contributed by atoms with E-state index >= 15 is 0 Å². The van der Waals surface area contributed by atoms with Crippen LogP contribution in [0.2, 0.25) is 0 Å². The number of nitrogens with zero attached hydrogens (tertiary/aromatic N) is 2. The Morgan fingerprint density at radius 2 is 2.32 bits per heavy atom. The molecule has 2 aromatic rings. The standard InChI is InChI=1S/C14H18N4O/c1-14(2)8-18(7-11-6-16-9-17-11)12-5-10(15)3-4-13(12)19-14/h3-6,9H,7-8,15H2,1-2H3,(H,16,17). The van der Waals surface area contributed by atoms with Gasteiger partial charge in [-0.05, 0) is 32.0 Å². The predicted octanol–water partition coefficient (Wildman–Crippen LogP) is 2.17. The monoisotopic (exact) mass is 258 g/mol. The lowest BCUT2D eigenvalue weighted by atomic mass is 10.0. The number of anilines is 2. The zero-order valence-corrected chi connectivity index (χ0v) is 11.2. The van der Waals surface area contributed by atoms with Crippen molar-refractivity contribution < 1.29 is 4.74 Å². The van der Waals surface area contributed by atoms with Crippen LogP contribution >= 0.6 is 0 Å². The largest absolute Gasteiger partial charge is 0.484 e. The van der Waals surface area contributed by atoms with E-state index in [-0.39, 0.29) is 5.60 Å². The Morgan fingerprint density at radius 3 is 3.05 bits per heavy atom. The third-order valence-electron chi connectivity index (χ3n) is 3.20. The molecule has 1 aliphatic heterocycles. The molecule has 3 N–H and O–H groups in total. The molecule has 5 nitrogen and oxygen atoms in total. The lowest BCUT2D eigenvalue weighted by Gasteiger charge is -2.40. The van der Waals surface area contributed by atoms with Gasteiger partial charge in [0, 0.05) is 11.9 Å². The van der Waals surface area contributed by atoms with Crippen LogP contribution in [-0.4, -0.2) is 22.1 Å². The number of nitrogen functional groups attached to an aromatic ring is 1. The third kappa shape index (κ3) is 2.36. The van der Waals surface area contributed by atoms with Gasteiger partial charge in [-0.25, -0.2) is 4.98 Å². The van der Waals surface area contributed by atoms with Gasteiger partial charge >= 0.3 is 0 Å². The highest BCUT2D eigenvalue weighted by molar-refractivity contribution is 5.66. The van der Waals surface area contributed by atoms with E-state index in [2.05, 4.69) is 28.7 Å². The number of hydrogen-bond donors (Lipinski definition) is 2. The van der Waals surface area contributed by atoms with Crippen molar-refractivity contribution in [2.45, 2.75) is 26.0 Å². The number of imidazole rings is 1. The first-order chi connectivity index (χ1) is 9.03. The molecule has 0 bridgehead atoms. The molecule has 19 heavy (non-hydrogen) atoms. The number of hydrogen-bond acceptors (Lipinski definition) is 4. The molecule has 2 heterocycles. The Morgan fingerprint density at radius 1 is 1.47 bits per heavy atom. The van der Waals surface area contributed by atoms with Crippen molar-refractivity contribution in [3.8, 4) is 5.75 Å². The minimum Gasteiger partial charge on any atom is -0.484 e. The third-order valence-corrected chi connectivity index (χ3v) is 3.20. The second-order valence-electron chi connectivity index (χ2n) is 5.52. The summed E-state index contributed by atoms with van der Waals surface area (Å²) in [5, 5.41) is 0. The maximum atomic E-state index is 6.00. The molecule has 0 amide bonds. The molecule has 1 aromatic carbocycles. The smallest absolute Gasteiger partial charge is 0.143 e. The highest BCUT2D eigenvalue weighted by atomic mass is 16.5. The lowest BCUT2D eigenvalue weighted by molar-refractivity contribution is 0.104. The fourth-order valence-electron chi connectivity index (χ4n) is 2.46. The molecule has 0 radical (unpaired) electrons. The number of nitrogens with one attached hydrogen (secondary N) is 1.